The molecule has 0 radical (unpaired) electrons. The summed E-state index contributed by atoms with van der Waals surface area (Å²) in [5.74, 6) is 5.11. The minimum absolute atomic E-state index is 0.441. The van der Waals surface area contributed by atoms with E-state index in [0.29, 0.717) is 11.7 Å². The van der Waals surface area contributed by atoms with Gasteiger partial charge in [0.2, 0.25) is 0 Å². The SMILES string of the molecule is NNC(=S)NCc1ccccc1Br. The summed E-state index contributed by atoms with van der Waals surface area (Å²) in [6.45, 7) is 0.657. The van der Waals surface area contributed by atoms with Crippen molar-refractivity contribution in [2.75, 3.05) is 0 Å². The van der Waals surface area contributed by atoms with Gasteiger partial charge in [-0.2, -0.15) is 0 Å². The molecule has 0 fully saturated rings. The molecule has 0 saturated carbocycles. The van der Waals surface area contributed by atoms with Crippen LogP contribution in [0, 0.1) is 0 Å². The van der Waals surface area contributed by atoms with Gasteiger partial charge in [-0.15, -0.1) is 0 Å². The Morgan fingerprint density at radius 3 is 2.77 bits per heavy atom. The van der Waals surface area contributed by atoms with E-state index in [4.69, 9.17) is 18.1 Å². The van der Waals surface area contributed by atoms with E-state index in [1.165, 1.54) is 0 Å². The van der Waals surface area contributed by atoms with Crippen molar-refractivity contribution in [3.63, 3.8) is 0 Å². The molecule has 1 rings (SSSR count). The van der Waals surface area contributed by atoms with Gasteiger partial charge in [0.25, 0.3) is 0 Å². The normalized spacial score (nSPS) is 9.38. The summed E-state index contributed by atoms with van der Waals surface area (Å²) in [6, 6.07) is 7.93. The molecular weight excluding hydrogens is 250 g/mol. The molecule has 0 aliphatic rings. The molecule has 3 nitrogen and oxygen atoms in total. The fourth-order valence-corrected chi connectivity index (χ4v) is 1.37. The van der Waals surface area contributed by atoms with Crippen LogP contribution in [0.25, 0.3) is 0 Å². The van der Waals surface area contributed by atoms with Crippen LogP contribution in [0.4, 0.5) is 0 Å². The van der Waals surface area contributed by atoms with E-state index in [1.54, 1.807) is 0 Å². The van der Waals surface area contributed by atoms with Crippen molar-refractivity contribution in [3.05, 3.63) is 34.3 Å². The molecule has 0 aliphatic carbocycles. The van der Waals surface area contributed by atoms with Crippen LogP contribution in [0.15, 0.2) is 28.7 Å². The lowest BCUT2D eigenvalue weighted by Crippen LogP contribution is -2.39. The molecule has 0 saturated heterocycles. The molecule has 1 aromatic rings. The Hall–Kier alpha value is -0.650. The first-order chi connectivity index (χ1) is 6.24. The maximum absolute atomic E-state index is 5.11. The average Bonchev–Trinajstić information content (AvgIpc) is 2.16. The second-order valence-electron chi connectivity index (χ2n) is 2.42. The Balaban J connectivity index is 2.54. The third-order valence-corrected chi connectivity index (χ3v) is 2.56. The molecule has 70 valence electrons. The van der Waals surface area contributed by atoms with E-state index < -0.39 is 0 Å². The Morgan fingerprint density at radius 1 is 1.46 bits per heavy atom. The molecule has 4 N–H and O–H groups in total. The number of benzene rings is 1. The van der Waals surface area contributed by atoms with Gasteiger partial charge in [0.15, 0.2) is 5.11 Å². The van der Waals surface area contributed by atoms with Gasteiger partial charge in [0.05, 0.1) is 0 Å². The fraction of sp³-hybridized carbons (Fsp3) is 0.125. The van der Waals surface area contributed by atoms with Crippen molar-refractivity contribution < 1.29 is 0 Å². The fourth-order valence-electron chi connectivity index (χ4n) is 0.868. The summed E-state index contributed by atoms with van der Waals surface area (Å²) in [5, 5.41) is 3.40. The van der Waals surface area contributed by atoms with Crippen LogP contribution in [0.2, 0.25) is 0 Å². The molecule has 5 heteroatoms. The minimum atomic E-state index is 0.441. The highest BCUT2D eigenvalue weighted by atomic mass is 79.9. The second-order valence-corrected chi connectivity index (χ2v) is 3.68. The van der Waals surface area contributed by atoms with E-state index in [9.17, 15) is 0 Å². The van der Waals surface area contributed by atoms with E-state index in [2.05, 4.69) is 26.7 Å². The molecule has 0 aromatic heterocycles. The van der Waals surface area contributed by atoms with Crippen molar-refractivity contribution in [2.24, 2.45) is 5.84 Å². The van der Waals surface area contributed by atoms with Crippen molar-refractivity contribution in [1.82, 2.24) is 10.7 Å². The lowest BCUT2D eigenvalue weighted by molar-refractivity contribution is 0.863. The van der Waals surface area contributed by atoms with Crippen LogP contribution in [0.1, 0.15) is 5.56 Å². The van der Waals surface area contributed by atoms with Crippen LogP contribution < -0.4 is 16.6 Å². The van der Waals surface area contributed by atoms with Crippen LogP contribution in [-0.4, -0.2) is 5.11 Å². The molecule has 0 bridgehead atoms. The largest absolute Gasteiger partial charge is 0.358 e. The zero-order valence-corrected chi connectivity index (χ0v) is 9.28. The topological polar surface area (TPSA) is 50.1 Å². The number of hydrogen-bond acceptors (Lipinski definition) is 2. The van der Waals surface area contributed by atoms with Crippen LogP contribution in [-0.2, 0) is 6.54 Å². The third kappa shape index (κ3) is 3.30. The van der Waals surface area contributed by atoms with Gasteiger partial charge >= 0.3 is 0 Å². The van der Waals surface area contributed by atoms with Gasteiger partial charge in [-0.3, -0.25) is 0 Å². The van der Waals surface area contributed by atoms with Crippen LogP contribution in [0.3, 0.4) is 0 Å². The van der Waals surface area contributed by atoms with Gasteiger partial charge in [0.1, 0.15) is 0 Å². The maximum atomic E-state index is 5.11. The molecule has 0 spiro atoms. The van der Waals surface area contributed by atoms with Gasteiger partial charge in [-0.25, -0.2) is 5.84 Å². The zero-order chi connectivity index (χ0) is 9.68. The van der Waals surface area contributed by atoms with Crippen molar-refractivity contribution >= 4 is 33.3 Å². The minimum Gasteiger partial charge on any atom is -0.358 e. The summed E-state index contributed by atoms with van der Waals surface area (Å²) in [6.07, 6.45) is 0. The lowest BCUT2D eigenvalue weighted by atomic mass is 10.2. The summed E-state index contributed by atoms with van der Waals surface area (Å²) in [4.78, 5) is 0. The summed E-state index contributed by atoms with van der Waals surface area (Å²) in [5.41, 5.74) is 3.50. The smallest absolute Gasteiger partial charge is 0.180 e. The molecular formula is C8H10BrN3S. The van der Waals surface area contributed by atoms with E-state index in [1.807, 2.05) is 24.3 Å². The van der Waals surface area contributed by atoms with E-state index in [0.717, 1.165) is 10.0 Å². The Morgan fingerprint density at radius 2 is 2.15 bits per heavy atom. The number of rotatable bonds is 2. The van der Waals surface area contributed by atoms with Crippen LogP contribution in [0.5, 0.6) is 0 Å². The van der Waals surface area contributed by atoms with Crippen molar-refractivity contribution in [2.45, 2.75) is 6.54 Å². The van der Waals surface area contributed by atoms with Crippen molar-refractivity contribution in [3.8, 4) is 0 Å². The highest BCUT2D eigenvalue weighted by Crippen LogP contribution is 2.14. The van der Waals surface area contributed by atoms with Gasteiger partial charge in [-0.05, 0) is 23.8 Å². The molecule has 1 aromatic carbocycles. The predicted molar refractivity (Wildman–Crippen MR) is 60.9 cm³/mol. The van der Waals surface area contributed by atoms with Gasteiger partial charge in [0, 0.05) is 11.0 Å². The Kier molecular flexibility index (Phi) is 4.14. The van der Waals surface area contributed by atoms with Crippen molar-refractivity contribution in [1.29, 1.82) is 0 Å². The van der Waals surface area contributed by atoms with Gasteiger partial charge in [-0.1, -0.05) is 34.1 Å². The first-order valence-electron chi connectivity index (χ1n) is 3.72. The molecule has 0 amide bonds. The molecule has 0 atom stereocenters. The average molecular weight is 260 g/mol. The number of hydrazine groups is 1. The molecule has 0 aliphatic heterocycles. The second kappa shape index (κ2) is 5.16. The predicted octanol–water partition coefficient (Wildman–Crippen LogP) is 1.29. The third-order valence-electron chi connectivity index (χ3n) is 1.53. The quantitative estimate of drug-likeness (QED) is 0.426. The lowest BCUT2D eigenvalue weighted by Gasteiger charge is -2.07. The van der Waals surface area contributed by atoms with Crippen LogP contribution >= 0.6 is 28.1 Å². The Labute approximate surface area is 90.8 Å². The summed E-state index contributed by atoms with van der Waals surface area (Å²) >= 11 is 8.27. The number of thiocarbonyl (C=S) groups is 1. The maximum Gasteiger partial charge on any atom is 0.180 e. The van der Waals surface area contributed by atoms with E-state index in [-0.39, 0.29) is 0 Å². The molecule has 0 heterocycles. The number of nitrogens with two attached hydrogens (primary N) is 1. The highest BCUT2D eigenvalue weighted by molar-refractivity contribution is 9.10. The first-order valence-corrected chi connectivity index (χ1v) is 4.92. The number of nitrogens with one attached hydrogen (secondary N) is 2. The Bertz CT molecular complexity index is 303. The van der Waals surface area contributed by atoms with Gasteiger partial charge < -0.3 is 10.7 Å². The number of hydrogen-bond donors (Lipinski definition) is 3. The summed E-state index contributed by atoms with van der Waals surface area (Å²) in [7, 11) is 0. The summed E-state index contributed by atoms with van der Waals surface area (Å²) < 4.78 is 1.06. The first kappa shape index (κ1) is 10.4. The number of halogens is 1. The highest BCUT2D eigenvalue weighted by Gasteiger charge is 1.97. The monoisotopic (exact) mass is 259 g/mol. The zero-order valence-electron chi connectivity index (χ0n) is 6.88. The standard InChI is InChI=1S/C8H10BrN3S/c9-7-4-2-1-3-6(7)5-11-8(13)12-10/h1-4H,5,10H2,(H2,11,12,13). The van der Waals surface area contributed by atoms with E-state index >= 15 is 0 Å². The molecule has 0 unspecified atom stereocenters. The molecule has 13 heavy (non-hydrogen) atoms.